The molecule has 2 heterocycles. The zero-order valence-electron chi connectivity index (χ0n) is 24.8. The van der Waals surface area contributed by atoms with Crippen molar-refractivity contribution in [2.45, 2.75) is 58.5 Å². The molecule has 1 aliphatic rings. The summed E-state index contributed by atoms with van der Waals surface area (Å²) in [6, 6.07) is 25.1. The number of para-hydroxylation sites is 1. The van der Waals surface area contributed by atoms with Crippen molar-refractivity contribution in [2.75, 3.05) is 18.4 Å². The quantitative estimate of drug-likeness (QED) is 0.257. The molecule has 8 nitrogen and oxygen atoms in total. The topological polar surface area (TPSA) is 100 Å². The van der Waals surface area contributed by atoms with Crippen LogP contribution < -0.4 is 10.6 Å². The number of carbonyl (C=O) groups is 2. The molecule has 0 bridgehead atoms. The monoisotopic (exact) mass is 565 g/mol. The highest BCUT2D eigenvalue weighted by Gasteiger charge is 2.27. The summed E-state index contributed by atoms with van der Waals surface area (Å²) in [5.74, 6) is 0.726. The molecule has 0 aliphatic carbocycles. The number of aromatic nitrogens is 2. The maximum atomic E-state index is 13.2. The van der Waals surface area contributed by atoms with Crippen LogP contribution in [0.2, 0.25) is 0 Å². The van der Waals surface area contributed by atoms with Gasteiger partial charge in [0.2, 0.25) is 17.6 Å². The summed E-state index contributed by atoms with van der Waals surface area (Å²) < 4.78 is 5.54. The molecule has 1 atom stereocenters. The number of benzene rings is 3. The number of amides is 2. The highest BCUT2D eigenvalue weighted by Crippen LogP contribution is 2.26. The van der Waals surface area contributed by atoms with E-state index in [9.17, 15) is 9.59 Å². The molecular formula is C34H39N5O3. The highest BCUT2D eigenvalue weighted by atomic mass is 16.5. The Kier molecular flexibility index (Phi) is 8.83. The lowest BCUT2D eigenvalue weighted by Crippen LogP contribution is -2.38. The Hall–Kier alpha value is -4.30. The van der Waals surface area contributed by atoms with Crippen LogP contribution in [-0.4, -0.2) is 39.9 Å². The molecule has 1 aliphatic heterocycles. The summed E-state index contributed by atoms with van der Waals surface area (Å²) in [5, 5.41) is 10.2. The zero-order chi connectivity index (χ0) is 29.7. The minimum Gasteiger partial charge on any atom is -0.345 e. The number of rotatable bonds is 8. The van der Waals surface area contributed by atoms with Crippen molar-refractivity contribution < 1.29 is 14.1 Å². The highest BCUT2D eigenvalue weighted by molar-refractivity contribution is 6.04. The number of hydrogen-bond donors (Lipinski definition) is 2. The number of piperidine rings is 1. The van der Waals surface area contributed by atoms with E-state index < -0.39 is 0 Å². The van der Waals surface area contributed by atoms with E-state index in [1.54, 1.807) is 18.2 Å². The van der Waals surface area contributed by atoms with Crippen molar-refractivity contribution in [3.63, 3.8) is 0 Å². The van der Waals surface area contributed by atoms with Crippen molar-refractivity contribution in [3.05, 3.63) is 101 Å². The van der Waals surface area contributed by atoms with Crippen molar-refractivity contribution in [1.29, 1.82) is 0 Å². The van der Waals surface area contributed by atoms with E-state index >= 15 is 0 Å². The summed E-state index contributed by atoms with van der Waals surface area (Å²) in [4.78, 5) is 33.1. The third kappa shape index (κ3) is 7.12. The average molecular weight is 566 g/mol. The summed E-state index contributed by atoms with van der Waals surface area (Å²) in [5.41, 5.74) is 4.26. The Labute approximate surface area is 247 Å². The first-order chi connectivity index (χ1) is 20.2. The molecule has 0 spiro atoms. The van der Waals surface area contributed by atoms with E-state index in [2.05, 4.69) is 58.6 Å². The predicted octanol–water partition coefficient (Wildman–Crippen LogP) is 6.38. The second-order valence-corrected chi connectivity index (χ2v) is 12.0. The maximum absolute atomic E-state index is 13.2. The first-order valence-electron chi connectivity index (χ1n) is 14.6. The summed E-state index contributed by atoms with van der Waals surface area (Å²) in [7, 11) is 0. The van der Waals surface area contributed by atoms with Crippen LogP contribution in [0.25, 0.3) is 11.4 Å². The molecule has 42 heavy (non-hydrogen) atoms. The van der Waals surface area contributed by atoms with Crippen LogP contribution in [-0.2, 0) is 16.8 Å². The van der Waals surface area contributed by atoms with Crippen LogP contribution in [0.4, 0.5) is 5.69 Å². The second kappa shape index (κ2) is 12.7. The Morgan fingerprint density at radius 1 is 0.952 bits per heavy atom. The first-order valence-corrected chi connectivity index (χ1v) is 14.6. The minimum atomic E-state index is -0.221. The van der Waals surface area contributed by atoms with Gasteiger partial charge < -0.3 is 15.2 Å². The molecule has 0 saturated carbocycles. The summed E-state index contributed by atoms with van der Waals surface area (Å²) in [6.45, 7) is 10.5. The van der Waals surface area contributed by atoms with Gasteiger partial charge in [0.25, 0.3) is 5.91 Å². The van der Waals surface area contributed by atoms with E-state index in [4.69, 9.17) is 4.52 Å². The predicted molar refractivity (Wildman–Crippen MR) is 164 cm³/mol. The van der Waals surface area contributed by atoms with Gasteiger partial charge in [-0.15, -0.1) is 0 Å². The summed E-state index contributed by atoms with van der Waals surface area (Å²) in [6.07, 6.45) is 1.42. The third-order valence-electron chi connectivity index (χ3n) is 7.87. The fourth-order valence-corrected chi connectivity index (χ4v) is 5.22. The molecule has 3 aromatic carbocycles. The molecule has 218 valence electrons. The Balaban J connectivity index is 1.13. The average Bonchev–Trinajstić information content (AvgIpc) is 3.46. The smallest absolute Gasteiger partial charge is 0.253 e. The molecule has 2 amide bonds. The molecular weight excluding hydrogens is 526 g/mol. The van der Waals surface area contributed by atoms with Crippen LogP contribution in [0.5, 0.6) is 0 Å². The molecule has 5 rings (SSSR count). The minimum absolute atomic E-state index is 0.0650. The van der Waals surface area contributed by atoms with Crippen LogP contribution in [0.3, 0.4) is 0 Å². The van der Waals surface area contributed by atoms with Crippen molar-refractivity contribution in [2.24, 2.45) is 5.92 Å². The zero-order valence-corrected chi connectivity index (χ0v) is 24.8. The standard InChI is InChI=1S/C34H39N5O3/c1-23(24-10-6-5-7-11-24)35-33(41)28-12-8-9-13-29(28)36-32(40)26-18-20-39(21-19-26)22-30-37-31(38-42-30)25-14-16-27(17-15-25)34(2,3)4/h5-17,23,26H,18-22H2,1-4H3,(H,35,41)(H,36,40). The lowest BCUT2D eigenvalue weighted by Gasteiger charge is -2.30. The number of nitrogens with one attached hydrogen (secondary N) is 2. The van der Waals surface area contributed by atoms with Gasteiger partial charge in [0, 0.05) is 11.5 Å². The van der Waals surface area contributed by atoms with Gasteiger partial charge >= 0.3 is 0 Å². The van der Waals surface area contributed by atoms with Crippen LogP contribution in [0.1, 0.15) is 74.0 Å². The molecule has 1 unspecified atom stereocenters. The lowest BCUT2D eigenvalue weighted by molar-refractivity contribution is -0.121. The van der Waals surface area contributed by atoms with Crippen LogP contribution in [0.15, 0.2) is 83.4 Å². The van der Waals surface area contributed by atoms with E-state index in [1.807, 2.05) is 55.5 Å². The first kappa shape index (κ1) is 29.2. The second-order valence-electron chi connectivity index (χ2n) is 12.0. The van der Waals surface area contributed by atoms with Gasteiger partial charge in [0.1, 0.15) is 0 Å². The number of nitrogens with zero attached hydrogens (tertiary/aromatic N) is 3. The van der Waals surface area contributed by atoms with Crippen molar-refractivity contribution >= 4 is 17.5 Å². The van der Waals surface area contributed by atoms with Gasteiger partial charge in [-0.3, -0.25) is 14.5 Å². The van der Waals surface area contributed by atoms with Crippen molar-refractivity contribution in [1.82, 2.24) is 20.4 Å². The van der Waals surface area contributed by atoms with E-state index in [1.165, 1.54) is 5.56 Å². The maximum Gasteiger partial charge on any atom is 0.253 e. The van der Waals surface area contributed by atoms with E-state index in [-0.39, 0.29) is 29.2 Å². The van der Waals surface area contributed by atoms with E-state index in [0.717, 1.165) is 24.2 Å². The molecule has 1 saturated heterocycles. The SMILES string of the molecule is CC(NC(=O)c1ccccc1NC(=O)C1CCN(Cc2nc(-c3ccc(C(C)(C)C)cc3)no2)CC1)c1ccccc1. The number of anilines is 1. The Morgan fingerprint density at radius 3 is 2.31 bits per heavy atom. The summed E-state index contributed by atoms with van der Waals surface area (Å²) >= 11 is 0. The Bertz CT molecular complexity index is 1500. The fraction of sp³-hybridized carbons (Fsp3) is 0.353. The van der Waals surface area contributed by atoms with Crippen LogP contribution in [0, 0.1) is 5.92 Å². The third-order valence-corrected chi connectivity index (χ3v) is 7.87. The van der Waals surface area contributed by atoms with E-state index in [0.29, 0.717) is 42.4 Å². The van der Waals surface area contributed by atoms with Gasteiger partial charge in [0.15, 0.2) is 0 Å². The molecule has 4 aromatic rings. The Morgan fingerprint density at radius 2 is 1.62 bits per heavy atom. The van der Waals surface area contributed by atoms with Gasteiger partial charge in [0.05, 0.1) is 23.8 Å². The number of hydrogen-bond acceptors (Lipinski definition) is 6. The van der Waals surface area contributed by atoms with Gasteiger partial charge in [-0.25, -0.2) is 0 Å². The van der Waals surface area contributed by atoms with Crippen LogP contribution >= 0.6 is 0 Å². The normalized spacial score (nSPS) is 15.2. The van der Waals surface area contributed by atoms with Gasteiger partial charge in [-0.2, -0.15) is 4.98 Å². The number of carbonyl (C=O) groups excluding carboxylic acids is 2. The molecule has 1 aromatic heterocycles. The molecule has 2 N–H and O–H groups in total. The lowest BCUT2D eigenvalue weighted by atomic mass is 9.87. The number of likely N-dealkylation sites (tertiary alicyclic amines) is 1. The largest absolute Gasteiger partial charge is 0.345 e. The van der Waals surface area contributed by atoms with Crippen molar-refractivity contribution in [3.8, 4) is 11.4 Å². The van der Waals surface area contributed by atoms with Gasteiger partial charge in [-0.05, 0) is 61.5 Å². The molecule has 8 heteroatoms. The molecule has 0 radical (unpaired) electrons. The van der Waals surface area contributed by atoms with Gasteiger partial charge in [-0.1, -0.05) is 92.7 Å². The molecule has 1 fully saturated rings. The fourth-order valence-electron chi connectivity index (χ4n) is 5.22.